The van der Waals surface area contributed by atoms with Crippen LogP contribution in [0.2, 0.25) is 0 Å². The Balaban J connectivity index is 1.39. The van der Waals surface area contributed by atoms with Crippen molar-refractivity contribution in [1.82, 2.24) is 9.66 Å². The van der Waals surface area contributed by atoms with E-state index >= 15 is 0 Å². The van der Waals surface area contributed by atoms with Crippen LogP contribution in [-0.4, -0.2) is 34.1 Å². The van der Waals surface area contributed by atoms with Crippen LogP contribution in [0.25, 0.3) is 33.5 Å². The molecule has 44 heavy (non-hydrogen) atoms. The van der Waals surface area contributed by atoms with Gasteiger partial charge in [0.25, 0.3) is 5.56 Å². The Bertz CT molecular complexity index is 2160. The minimum atomic E-state index is -0.997. The van der Waals surface area contributed by atoms with Crippen molar-refractivity contribution < 1.29 is 23.8 Å². The van der Waals surface area contributed by atoms with Crippen molar-refractivity contribution >= 4 is 81.8 Å². The average Bonchev–Trinajstić information content (AvgIpc) is 3.45. The van der Waals surface area contributed by atoms with Gasteiger partial charge in [-0.1, -0.05) is 40.2 Å². The molecular weight excluding hydrogens is 762 g/mol. The van der Waals surface area contributed by atoms with E-state index in [2.05, 4.69) is 52.9 Å². The number of aromatic nitrogens is 2. The zero-order chi connectivity index (χ0) is 31.0. The van der Waals surface area contributed by atoms with Crippen molar-refractivity contribution in [3.05, 3.63) is 119 Å². The van der Waals surface area contributed by atoms with Gasteiger partial charge in [0.05, 0.1) is 34.3 Å². The van der Waals surface area contributed by atoms with E-state index in [1.807, 2.05) is 30.3 Å². The molecule has 0 aliphatic carbocycles. The fourth-order valence-electron chi connectivity index (χ4n) is 4.52. The Morgan fingerprint density at radius 2 is 1.80 bits per heavy atom. The second-order valence-corrected chi connectivity index (χ2v) is 12.0. The van der Waals surface area contributed by atoms with E-state index in [1.54, 1.807) is 36.4 Å². The molecular formula is C32H20Br3N3O6. The molecule has 0 saturated heterocycles. The molecule has 12 heteroatoms. The van der Waals surface area contributed by atoms with E-state index < -0.39 is 5.97 Å². The lowest BCUT2D eigenvalue weighted by atomic mass is 10.1. The summed E-state index contributed by atoms with van der Waals surface area (Å²) in [5.41, 5.74) is 2.36. The number of aromatic carboxylic acids is 1. The number of fused-ring (bicyclic) bond motifs is 2. The molecule has 2 heterocycles. The van der Waals surface area contributed by atoms with Gasteiger partial charge in [-0.15, -0.1) is 0 Å². The molecule has 0 atom stereocenters. The maximum absolute atomic E-state index is 13.7. The smallest absolute Gasteiger partial charge is 0.335 e. The van der Waals surface area contributed by atoms with Crippen molar-refractivity contribution in [1.29, 1.82) is 0 Å². The summed E-state index contributed by atoms with van der Waals surface area (Å²) in [5, 5.41) is 15.0. The highest BCUT2D eigenvalue weighted by Gasteiger charge is 2.19. The molecule has 6 rings (SSSR count). The van der Waals surface area contributed by atoms with Crippen LogP contribution >= 0.6 is 47.8 Å². The van der Waals surface area contributed by atoms with Crippen molar-refractivity contribution in [3.8, 4) is 23.1 Å². The lowest BCUT2D eigenvalue weighted by molar-refractivity contribution is 0.0697. The summed E-state index contributed by atoms with van der Waals surface area (Å²) in [6.07, 6.45) is 1.52. The molecule has 220 valence electrons. The minimum absolute atomic E-state index is 0.171. The number of carboxylic acid groups (broad SMARTS) is 1. The quantitative estimate of drug-likeness (QED) is 0.155. The number of hydrogen-bond acceptors (Lipinski definition) is 7. The molecule has 2 aromatic heterocycles. The highest BCUT2D eigenvalue weighted by molar-refractivity contribution is 9.13. The number of furan rings is 1. The third-order valence-electron chi connectivity index (χ3n) is 6.72. The normalized spacial score (nSPS) is 11.5. The van der Waals surface area contributed by atoms with Gasteiger partial charge < -0.3 is 19.0 Å². The van der Waals surface area contributed by atoms with E-state index in [4.69, 9.17) is 24.0 Å². The Morgan fingerprint density at radius 1 is 1.02 bits per heavy atom. The van der Waals surface area contributed by atoms with Crippen LogP contribution in [0.3, 0.4) is 0 Å². The largest absolute Gasteiger partial charge is 0.493 e. The Labute approximate surface area is 275 Å². The van der Waals surface area contributed by atoms with Gasteiger partial charge in [0.1, 0.15) is 12.2 Å². The molecule has 6 aromatic rings. The third-order valence-corrected chi connectivity index (χ3v) is 9.36. The fraction of sp³-hybridized carbons (Fsp3) is 0.0625. The van der Waals surface area contributed by atoms with Gasteiger partial charge in [0.2, 0.25) is 5.82 Å². The Morgan fingerprint density at radius 3 is 2.55 bits per heavy atom. The van der Waals surface area contributed by atoms with Crippen molar-refractivity contribution in [2.24, 2.45) is 5.10 Å². The first kappa shape index (κ1) is 29.8. The lowest BCUT2D eigenvalue weighted by Gasteiger charge is -2.15. The Hall–Kier alpha value is -4.26. The minimum Gasteiger partial charge on any atom is -0.493 e. The van der Waals surface area contributed by atoms with Crippen molar-refractivity contribution in [3.63, 3.8) is 0 Å². The van der Waals surface area contributed by atoms with Crippen LogP contribution < -0.4 is 15.0 Å². The highest BCUT2D eigenvalue weighted by atomic mass is 79.9. The van der Waals surface area contributed by atoms with E-state index in [9.17, 15) is 9.59 Å². The van der Waals surface area contributed by atoms with Crippen LogP contribution in [0, 0.1) is 0 Å². The number of ether oxygens (including phenoxy) is 2. The number of benzene rings is 4. The van der Waals surface area contributed by atoms with Gasteiger partial charge in [0, 0.05) is 19.9 Å². The second-order valence-electron chi connectivity index (χ2n) is 9.52. The summed E-state index contributed by atoms with van der Waals surface area (Å²) in [4.78, 5) is 29.6. The van der Waals surface area contributed by atoms with E-state index in [-0.39, 0.29) is 23.6 Å². The molecule has 0 amide bonds. The zero-order valence-corrected chi connectivity index (χ0v) is 27.5. The number of hydrogen-bond donors (Lipinski definition) is 1. The van der Waals surface area contributed by atoms with Crippen LogP contribution in [-0.2, 0) is 6.61 Å². The number of carboxylic acids is 1. The molecule has 0 bridgehead atoms. The number of para-hydroxylation sites is 1. The van der Waals surface area contributed by atoms with Crippen molar-refractivity contribution in [2.75, 3.05) is 7.11 Å². The topological polar surface area (TPSA) is 116 Å². The highest BCUT2D eigenvalue weighted by Crippen LogP contribution is 2.42. The van der Waals surface area contributed by atoms with Gasteiger partial charge in [0.15, 0.2) is 17.3 Å². The van der Waals surface area contributed by atoms with Crippen LogP contribution in [0.5, 0.6) is 11.5 Å². The second kappa shape index (κ2) is 12.4. The molecule has 1 N–H and O–H groups in total. The monoisotopic (exact) mass is 779 g/mol. The number of carbonyl (C=O) groups is 1. The number of nitrogens with zero attached hydrogens (tertiary/aromatic N) is 3. The molecule has 0 spiro atoms. The summed E-state index contributed by atoms with van der Waals surface area (Å²) in [7, 11) is 1.51. The summed E-state index contributed by atoms with van der Waals surface area (Å²) < 4.78 is 21.0. The van der Waals surface area contributed by atoms with Gasteiger partial charge in [-0.05, 0) is 92.0 Å². The van der Waals surface area contributed by atoms with Crippen LogP contribution in [0.4, 0.5) is 0 Å². The molecule has 4 aromatic carbocycles. The number of rotatable bonds is 8. The Kier molecular flexibility index (Phi) is 8.39. The third kappa shape index (κ3) is 5.80. The van der Waals surface area contributed by atoms with E-state index in [0.717, 1.165) is 15.4 Å². The summed E-state index contributed by atoms with van der Waals surface area (Å²) in [5.74, 6) is 0.473. The van der Waals surface area contributed by atoms with Gasteiger partial charge in [-0.2, -0.15) is 9.78 Å². The maximum Gasteiger partial charge on any atom is 0.335 e. The van der Waals surface area contributed by atoms with Crippen LogP contribution in [0.1, 0.15) is 21.5 Å². The molecule has 0 saturated carbocycles. The van der Waals surface area contributed by atoms with Gasteiger partial charge >= 0.3 is 5.97 Å². The van der Waals surface area contributed by atoms with Crippen LogP contribution in [0.15, 0.2) is 107 Å². The van der Waals surface area contributed by atoms with Gasteiger partial charge in [-0.25, -0.2) is 9.78 Å². The van der Waals surface area contributed by atoms with Crippen molar-refractivity contribution in [2.45, 2.75) is 6.61 Å². The predicted octanol–water partition coefficient (Wildman–Crippen LogP) is 8.27. The van der Waals surface area contributed by atoms with E-state index in [0.29, 0.717) is 48.3 Å². The van der Waals surface area contributed by atoms with E-state index in [1.165, 1.54) is 30.1 Å². The first-order valence-corrected chi connectivity index (χ1v) is 15.4. The molecule has 0 aliphatic rings. The number of methoxy groups -OCH3 is 1. The summed E-state index contributed by atoms with van der Waals surface area (Å²) in [6.45, 7) is 0.171. The molecule has 0 unspecified atom stereocenters. The SMILES string of the molecule is COc1cc(C=Nn2c(-c3cc4cc(Br)ccc4o3)nc3ccccc3c2=O)c(Br)c(Br)c1OCc1ccc(C(=O)O)cc1. The fourth-order valence-corrected chi connectivity index (χ4v) is 5.83. The maximum atomic E-state index is 13.7. The average molecular weight is 782 g/mol. The summed E-state index contributed by atoms with van der Waals surface area (Å²) in [6, 6.07) is 22.7. The first-order chi connectivity index (χ1) is 21.2. The summed E-state index contributed by atoms with van der Waals surface area (Å²) >= 11 is 10.7. The molecule has 0 fully saturated rings. The molecule has 0 aliphatic heterocycles. The zero-order valence-electron chi connectivity index (χ0n) is 22.8. The number of halogens is 3. The first-order valence-electron chi connectivity index (χ1n) is 13.0. The van der Waals surface area contributed by atoms with Gasteiger partial charge in [-0.3, -0.25) is 4.79 Å². The predicted molar refractivity (Wildman–Crippen MR) is 178 cm³/mol. The molecule has 0 radical (unpaired) electrons. The molecule has 9 nitrogen and oxygen atoms in total. The lowest BCUT2D eigenvalue weighted by Crippen LogP contribution is -2.20. The standard InChI is InChI=1S/C32H20Br3N3O6/c1-42-25-14-20(27(34)28(35)29(25)43-16-17-6-8-18(9-7-17)32(40)41)15-36-38-30(37-23-5-3-2-4-22(23)31(38)39)26-13-19-12-21(33)10-11-24(19)44-26/h2-15H,16H2,1H3,(H,40,41).